The molecule has 1 aromatic carbocycles. The summed E-state index contributed by atoms with van der Waals surface area (Å²) >= 11 is 0. The highest BCUT2D eigenvalue weighted by molar-refractivity contribution is 5.66. The van der Waals surface area contributed by atoms with Crippen molar-refractivity contribution in [3.8, 4) is 11.8 Å². The van der Waals surface area contributed by atoms with Crippen molar-refractivity contribution in [3.63, 3.8) is 0 Å². The summed E-state index contributed by atoms with van der Waals surface area (Å²) in [6.07, 6.45) is 0.886. The van der Waals surface area contributed by atoms with Crippen molar-refractivity contribution in [2.24, 2.45) is 0 Å². The molecule has 0 aliphatic heterocycles. The van der Waals surface area contributed by atoms with E-state index >= 15 is 0 Å². The van der Waals surface area contributed by atoms with Crippen LogP contribution in [0.1, 0.15) is 18.9 Å². The number of nitrogen functional groups attached to an aromatic ring is 1. The molecule has 0 saturated carbocycles. The Labute approximate surface area is 110 Å². The van der Waals surface area contributed by atoms with Crippen molar-refractivity contribution in [1.29, 1.82) is 5.26 Å². The summed E-state index contributed by atoms with van der Waals surface area (Å²) in [7, 11) is 0. The van der Waals surface area contributed by atoms with Gasteiger partial charge in [0.05, 0.1) is 0 Å². The van der Waals surface area contributed by atoms with Gasteiger partial charge >= 0.3 is 0 Å². The lowest BCUT2D eigenvalue weighted by atomic mass is 10.3. The summed E-state index contributed by atoms with van der Waals surface area (Å²) in [6.45, 7) is 2.67. The van der Waals surface area contributed by atoms with Gasteiger partial charge in [0.1, 0.15) is 29.0 Å². The molecule has 3 N–H and O–H groups in total. The van der Waals surface area contributed by atoms with Crippen LogP contribution in [0.2, 0.25) is 0 Å². The maximum absolute atomic E-state index is 13.7. The van der Waals surface area contributed by atoms with Crippen molar-refractivity contribution in [3.05, 3.63) is 35.6 Å². The van der Waals surface area contributed by atoms with E-state index in [9.17, 15) is 4.39 Å². The lowest BCUT2D eigenvalue weighted by molar-refractivity contribution is 0.612. The molecule has 6 heteroatoms. The first-order valence-electron chi connectivity index (χ1n) is 5.96. The van der Waals surface area contributed by atoms with E-state index in [0.29, 0.717) is 12.4 Å². The fraction of sp³-hybridized carbons (Fsp3) is 0.231. The van der Waals surface area contributed by atoms with Gasteiger partial charge in [0, 0.05) is 6.54 Å². The number of rotatable bonds is 4. The first-order chi connectivity index (χ1) is 9.19. The number of hydrogen-bond donors (Lipinski definition) is 2. The zero-order valence-electron chi connectivity index (χ0n) is 10.5. The van der Waals surface area contributed by atoms with Crippen LogP contribution in [0.3, 0.4) is 0 Å². The van der Waals surface area contributed by atoms with E-state index in [1.807, 2.05) is 13.0 Å². The Hall–Kier alpha value is -2.55. The molecule has 0 fully saturated rings. The number of para-hydroxylation sites is 1. The molecule has 1 aromatic heterocycles. The molecule has 0 aliphatic rings. The van der Waals surface area contributed by atoms with Crippen LogP contribution >= 0.6 is 0 Å². The quantitative estimate of drug-likeness (QED) is 0.882. The zero-order chi connectivity index (χ0) is 13.8. The highest BCUT2D eigenvalue weighted by atomic mass is 19.1. The van der Waals surface area contributed by atoms with Crippen LogP contribution in [0, 0.1) is 17.1 Å². The topological polar surface area (TPSA) is 79.7 Å². The Kier molecular flexibility index (Phi) is 3.66. The van der Waals surface area contributed by atoms with Crippen LogP contribution in [0.15, 0.2) is 24.3 Å². The number of aromatic nitrogens is 2. The smallest absolute Gasteiger partial charge is 0.168 e. The number of benzene rings is 1. The molecule has 19 heavy (non-hydrogen) atoms. The highest BCUT2D eigenvalue weighted by Crippen LogP contribution is 2.25. The van der Waals surface area contributed by atoms with Crippen LogP contribution in [0.5, 0.6) is 0 Å². The maximum atomic E-state index is 13.7. The van der Waals surface area contributed by atoms with E-state index < -0.39 is 5.82 Å². The summed E-state index contributed by atoms with van der Waals surface area (Å²) in [5.41, 5.74) is 6.31. The number of anilines is 2. The summed E-state index contributed by atoms with van der Waals surface area (Å²) in [5.74, 6) is 0.0690. The number of nitrogens with one attached hydrogen (secondary N) is 1. The van der Waals surface area contributed by atoms with Crippen LogP contribution in [-0.2, 0) is 0 Å². The van der Waals surface area contributed by atoms with E-state index in [1.54, 1.807) is 18.2 Å². The molecule has 0 spiro atoms. The van der Waals surface area contributed by atoms with Crippen molar-refractivity contribution in [2.75, 3.05) is 17.6 Å². The highest BCUT2D eigenvalue weighted by Gasteiger charge is 2.17. The third-order valence-corrected chi connectivity index (χ3v) is 2.66. The van der Waals surface area contributed by atoms with Crippen molar-refractivity contribution in [2.45, 2.75) is 13.3 Å². The molecule has 1 heterocycles. The van der Waals surface area contributed by atoms with Gasteiger partial charge in [0.15, 0.2) is 5.82 Å². The molecule has 0 amide bonds. The SMILES string of the molecule is CCCNc1nn(-c2ccccc2F)c(N)c1C#N. The molecule has 98 valence electrons. The molecule has 0 bridgehead atoms. The van der Waals surface area contributed by atoms with Crippen molar-refractivity contribution >= 4 is 11.6 Å². The normalized spacial score (nSPS) is 10.2. The third-order valence-electron chi connectivity index (χ3n) is 2.66. The molecule has 0 aliphatic carbocycles. The summed E-state index contributed by atoms with van der Waals surface area (Å²) < 4.78 is 15.0. The number of nitrogens with two attached hydrogens (primary N) is 1. The predicted octanol–water partition coefficient (Wildman–Crippen LogP) is 2.29. The number of nitrogens with zero attached hydrogens (tertiary/aromatic N) is 3. The Bertz CT molecular complexity index is 626. The molecule has 0 radical (unpaired) electrons. The number of halogens is 1. The fourth-order valence-electron chi connectivity index (χ4n) is 1.72. The second-order valence-electron chi connectivity index (χ2n) is 4.01. The minimum atomic E-state index is -0.441. The van der Waals surface area contributed by atoms with E-state index in [4.69, 9.17) is 11.0 Å². The lowest BCUT2D eigenvalue weighted by Gasteiger charge is -2.04. The summed E-state index contributed by atoms with van der Waals surface area (Å²) in [6, 6.07) is 8.14. The van der Waals surface area contributed by atoms with E-state index in [0.717, 1.165) is 6.42 Å². The molecular formula is C13H14FN5. The predicted molar refractivity (Wildman–Crippen MR) is 71.4 cm³/mol. The summed E-state index contributed by atoms with van der Waals surface area (Å²) in [4.78, 5) is 0. The monoisotopic (exact) mass is 259 g/mol. The standard InChI is InChI=1S/C13H14FN5/c1-2-7-17-13-9(8-15)12(16)19(18-13)11-6-4-3-5-10(11)14/h3-6H,2,7,16H2,1H3,(H,17,18). The van der Waals surface area contributed by atoms with Gasteiger partial charge < -0.3 is 11.1 Å². The van der Waals surface area contributed by atoms with Gasteiger partial charge in [-0.25, -0.2) is 9.07 Å². The first kappa shape index (κ1) is 12.9. The molecule has 0 saturated heterocycles. The molecule has 2 aromatic rings. The van der Waals surface area contributed by atoms with Crippen LogP contribution in [0.4, 0.5) is 16.0 Å². The van der Waals surface area contributed by atoms with Gasteiger partial charge in [0.2, 0.25) is 0 Å². The largest absolute Gasteiger partial charge is 0.382 e. The second kappa shape index (κ2) is 5.40. The number of nitriles is 1. The van der Waals surface area contributed by atoms with Gasteiger partial charge in [-0.1, -0.05) is 19.1 Å². The zero-order valence-corrected chi connectivity index (χ0v) is 10.5. The van der Waals surface area contributed by atoms with E-state index in [2.05, 4.69) is 10.4 Å². The molecule has 0 atom stereocenters. The van der Waals surface area contributed by atoms with Gasteiger partial charge in [-0.05, 0) is 18.6 Å². The Morgan fingerprint density at radius 2 is 2.21 bits per heavy atom. The molecule has 2 rings (SSSR count). The van der Waals surface area contributed by atoms with Gasteiger partial charge in [-0.3, -0.25) is 0 Å². The first-order valence-corrected chi connectivity index (χ1v) is 5.96. The fourth-order valence-corrected chi connectivity index (χ4v) is 1.72. The third kappa shape index (κ3) is 2.36. The van der Waals surface area contributed by atoms with E-state index in [-0.39, 0.29) is 17.1 Å². The Balaban J connectivity index is 2.51. The van der Waals surface area contributed by atoms with Gasteiger partial charge in [-0.15, -0.1) is 5.10 Å². The Morgan fingerprint density at radius 3 is 2.84 bits per heavy atom. The van der Waals surface area contributed by atoms with Crippen molar-refractivity contribution < 1.29 is 4.39 Å². The number of hydrogen-bond acceptors (Lipinski definition) is 4. The molecule has 5 nitrogen and oxygen atoms in total. The minimum Gasteiger partial charge on any atom is -0.382 e. The minimum absolute atomic E-state index is 0.131. The van der Waals surface area contributed by atoms with Gasteiger partial charge in [0.25, 0.3) is 0 Å². The van der Waals surface area contributed by atoms with E-state index in [1.165, 1.54) is 10.7 Å². The average Bonchev–Trinajstić information content (AvgIpc) is 2.73. The van der Waals surface area contributed by atoms with Crippen LogP contribution in [0.25, 0.3) is 5.69 Å². The molecule has 0 unspecified atom stereocenters. The second-order valence-corrected chi connectivity index (χ2v) is 4.01. The van der Waals surface area contributed by atoms with Crippen LogP contribution < -0.4 is 11.1 Å². The maximum Gasteiger partial charge on any atom is 0.168 e. The average molecular weight is 259 g/mol. The lowest BCUT2D eigenvalue weighted by Crippen LogP contribution is -2.05. The molecular weight excluding hydrogens is 245 g/mol. The Morgan fingerprint density at radius 1 is 1.47 bits per heavy atom. The van der Waals surface area contributed by atoms with Crippen molar-refractivity contribution in [1.82, 2.24) is 9.78 Å². The van der Waals surface area contributed by atoms with Gasteiger partial charge in [-0.2, -0.15) is 5.26 Å². The van der Waals surface area contributed by atoms with Crippen LogP contribution in [-0.4, -0.2) is 16.3 Å². The summed E-state index contributed by atoms with van der Waals surface area (Å²) in [5, 5.41) is 16.3.